The van der Waals surface area contributed by atoms with Crippen LogP contribution in [-0.2, 0) is 0 Å². The number of ether oxygens (including phenoxy) is 1. The van der Waals surface area contributed by atoms with Crippen LogP contribution in [0.25, 0.3) is 5.69 Å². The predicted molar refractivity (Wildman–Crippen MR) is 158 cm³/mol. The van der Waals surface area contributed by atoms with Crippen LogP contribution in [0, 0.1) is 23.0 Å². The molecule has 0 bridgehead atoms. The summed E-state index contributed by atoms with van der Waals surface area (Å²) in [7, 11) is 0. The van der Waals surface area contributed by atoms with Crippen molar-refractivity contribution in [3.05, 3.63) is 129 Å². The fourth-order valence-electron chi connectivity index (χ4n) is 4.11. The lowest BCUT2D eigenvalue weighted by atomic mass is 10.2. The van der Waals surface area contributed by atoms with E-state index in [-0.39, 0.29) is 28.4 Å². The van der Waals surface area contributed by atoms with Crippen LogP contribution in [0.3, 0.4) is 0 Å². The minimum absolute atomic E-state index is 0.0267. The van der Waals surface area contributed by atoms with E-state index in [9.17, 15) is 18.8 Å². The summed E-state index contributed by atoms with van der Waals surface area (Å²) in [5, 5.41) is 14.3. The van der Waals surface area contributed by atoms with Gasteiger partial charge in [-0.2, -0.15) is 5.26 Å². The van der Waals surface area contributed by atoms with Gasteiger partial charge in [-0.1, -0.05) is 0 Å². The lowest BCUT2D eigenvalue weighted by Crippen LogP contribution is -2.42. The molecule has 0 unspecified atom stereocenters. The number of pyridine rings is 2. The fraction of sp³-hybridized carbons (Fsp3) is 0.0968. The minimum Gasteiger partial charge on any atom is -0.454 e. The number of hydrogen-bond acceptors (Lipinski definition) is 8. The summed E-state index contributed by atoms with van der Waals surface area (Å²) in [6.07, 6.45) is 3.99. The van der Waals surface area contributed by atoms with E-state index < -0.39 is 34.8 Å². The van der Waals surface area contributed by atoms with Crippen molar-refractivity contribution in [2.24, 2.45) is 0 Å². The van der Waals surface area contributed by atoms with Crippen molar-refractivity contribution in [2.45, 2.75) is 19.9 Å². The Bertz CT molecular complexity index is 2020. The highest BCUT2D eigenvalue weighted by molar-refractivity contribution is 6.03. The number of benzene rings is 2. The number of nitrogens with zero attached hydrogens (tertiary/aromatic N) is 5. The van der Waals surface area contributed by atoms with Gasteiger partial charge in [-0.15, -0.1) is 0 Å². The van der Waals surface area contributed by atoms with Gasteiger partial charge in [0.15, 0.2) is 11.6 Å². The van der Waals surface area contributed by atoms with Crippen molar-refractivity contribution in [2.75, 3.05) is 10.6 Å². The smallest absolute Gasteiger partial charge is 0.335 e. The molecule has 44 heavy (non-hydrogen) atoms. The Kier molecular flexibility index (Phi) is 8.25. The van der Waals surface area contributed by atoms with Gasteiger partial charge in [0.2, 0.25) is 0 Å². The van der Waals surface area contributed by atoms with Gasteiger partial charge in [0, 0.05) is 42.5 Å². The van der Waals surface area contributed by atoms with Gasteiger partial charge in [0.1, 0.15) is 34.8 Å². The number of carbonyl (C=O) groups excluding carboxylic acids is 1. The molecule has 0 aliphatic rings. The first-order valence-electron chi connectivity index (χ1n) is 13.1. The largest absolute Gasteiger partial charge is 0.454 e. The second-order valence-electron chi connectivity index (χ2n) is 9.69. The quantitative estimate of drug-likeness (QED) is 0.246. The molecule has 3 aromatic heterocycles. The SMILES string of the molecule is CC(C)n1cc(C(=O)Nc2ccc(Oc3ccnc(Nc4ccc(C#N)cn4)c3)c(F)c2)c(=O)n(-c2ccc(F)cc2)c1=O. The van der Waals surface area contributed by atoms with E-state index in [2.05, 4.69) is 20.6 Å². The van der Waals surface area contributed by atoms with Gasteiger partial charge >= 0.3 is 5.69 Å². The first-order valence-corrected chi connectivity index (χ1v) is 13.1. The highest BCUT2D eigenvalue weighted by Gasteiger charge is 2.20. The third-order valence-electron chi connectivity index (χ3n) is 6.30. The molecule has 2 aromatic carbocycles. The number of carbonyl (C=O) groups is 1. The van der Waals surface area contributed by atoms with Gasteiger partial charge < -0.3 is 15.4 Å². The summed E-state index contributed by atoms with van der Waals surface area (Å²) < 4.78 is 36.2. The average Bonchev–Trinajstić information content (AvgIpc) is 3.00. The predicted octanol–water partition coefficient (Wildman–Crippen LogP) is 5.31. The molecule has 0 aliphatic carbocycles. The molecule has 13 heteroatoms. The number of nitrogens with one attached hydrogen (secondary N) is 2. The van der Waals surface area contributed by atoms with Crippen LogP contribution in [0.1, 0.15) is 35.8 Å². The molecule has 0 atom stereocenters. The van der Waals surface area contributed by atoms with Crippen molar-refractivity contribution >= 4 is 23.2 Å². The van der Waals surface area contributed by atoms with Crippen molar-refractivity contribution in [3.8, 4) is 23.3 Å². The Labute approximate surface area is 248 Å². The van der Waals surface area contributed by atoms with Crippen molar-refractivity contribution in [1.82, 2.24) is 19.1 Å². The molecule has 0 spiro atoms. The lowest BCUT2D eigenvalue weighted by Gasteiger charge is -2.16. The molecule has 11 nitrogen and oxygen atoms in total. The number of hydrogen-bond donors (Lipinski definition) is 2. The van der Waals surface area contributed by atoms with Gasteiger partial charge in [-0.3, -0.25) is 14.2 Å². The molecule has 5 aromatic rings. The van der Waals surface area contributed by atoms with Crippen LogP contribution in [0.4, 0.5) is 26.1 Å². The first kappa shape index (κ1) is 29.3. The summed E-state index contributed by atoms with van der Waals surface area (Å²) in [5.41, 5.74) is -1.49. The maximum atomic E-state index is 15.0. The molecular weight excluding hydrogens is 572 g/mol. The highest BCUT2D eigenvalue weighted by atomic mass is 19.1. The van der Waals surface area contributed by atoms with E-state index in [4.69, 9.17) is 10.00 Å². The summed E-state index contributed by atoms with van der Waals surface area (Å²) in [6, 6.07) is 16.2. The van der Waals surface area contributed by atoms with Crippen LogP contribution in [0.5, 0.6) is 11.5 Å². The zero-order valence-corrected chi connectivity index (χ0v) is 23.3. The zero-order chi connectivity index (χ0) is 31.4. The van der Waals surface area contributed by atoms with E-state index in [1.807, 2.05) is 6.07 Å². The molecule has 2 N–H and O–H groups in total. The van der Waals surface area contributed by atoms with E-state index in [0.29, 0.717) is 17.2 Å². The Hall–Kier alpha value is -6.16. The van der Waals surface area contributed by atoms with Crippen LogP contribution in [-0.4, -0.2) is 25.0 Å². The van der Waals surface area contributed by atoms with Gasteiger partial charge in [-0.05, 0) is 68.4 Å². The fourth-order valence-corrected chi connectivity index (χ4v) is 4.11. The Morgan fingerprint density at radius 3 is 2.41 bits per heavy atom. The molecule has 3 heterocycles. The van der Waals surface area contributed by atoms with Crippen molar-refractivity contribution < 1.29 is 18.3 Å². The van der Waals surface area contributed by atoms with E-state index in [1.54, 1.807) is 26.0 Å². The Balaban J connectivity index is 1.36. The summed E-state index contributed by atoms with van der Waals surface area (Å²) in [6.45, 7) is 3.39. The standard InChI is InChI=1S/C31H23F2N7O4/c1-18(2)39-17-24(30(42)40(31(39)43)22-7-4-20(32)5-8-22)29(41)37-21-6-9-26(25(33)13-21)44-23-11-12-35-28(14-23)38-27-10-3-19(15-34)16-36-27/h3-14,16-18H,1-2H3,(H,37,41)(H,35,36,38). The topological polar surface area (TPSA) is 144 Å². The lowest BCUT2D eigenvalue weighted by molar-refractivity contribution is 0.102. The number of aromatic nitrogens is 4. The van der Waals surface area contributed by atoms with Crippen LogP contribution in [0.2, 0.25) is 0 Å². The number of rotatable bonds is 8. The molecule has 0 radical (unpaired) electrons. The van der Waals surface area contributed by atoms with E-state index in [0.717, 1.165) is 29.0 Å². The molecule has 0 aliphatic heterocycles. The number of anilines is 3. The zero-order valence-electron chi connectivity index (χ0n) is 23.3. The van der Waals surface area contributed by atoms with E-state index >= 15 is 4.39 Å². The number of halogens is 2. The van der Waals surface area contributed by atoms with Crippen molar-refractivity contribution in [1.29, 1.82) is 5.26 Å². The second kappa shape index (κ2) is 12.4. The number of amides is 1. The summed E-state index contributed by atoms with van der Waals surface area (Å²) in [5.74, 6) is -1.34. The van der Waals surface area contributed by atoms with Gasteiger partial charge in [0.05, 0.1) is 11.3 Å². The van der Waals surface area contributed by atoms with Crippen molar-refractivity contribution in [3.63, 3.8) is 0 Å². The monoisotopic (exact) mass is 595 g/mol. The maximum absolute atomic E-state index is 15.0. The van der Waals surface area contributed by atoms with Gasteiger partial charge in [0.25, 0.3) is 11.5 Å². The molecule has 0 saturated carbocycles. The third-order valence-corrected chi connectivity index (χ3v) is 6.30. The summed E-state index contributed by atoms with van der Waals surface area (Å²) >= 11 is 0. The Morgan fingerprint density at radius 1 is 0.977 bits per heavy atom. The first-order chi connectivity index (χ1) is 21.1. The molecule has 220 valence electrons. The van der Waals surface area contributed by atoms with Crippen LogP contribution in [0.15, 0.2) is 94.9 Å². The Morgan fingerprint density at radius 2 is 1.75 bits per heavy atom. The maximum Gasteiger partial charge on any atom is 0.335 e. The summed E-state index contributed by atoms with van der Waals surface area (Å²) in [4.78, 5) is 47.8. The molecule has 0 fully saturated rings. The second-order valence-corrected chi connectivity index (χ2v) is 9.69. The number of nitriles is 1. The molecular formula is C31H23F2N7O4. The minimum atomic E-state index is -0.922. The van der Waals surface area contributed by atoms with Crippen LogP contribution < -0.4 is 26.6 Å². The van der Waals surface area contributed by atoms with Crippen LogP contribution >= 0.6 is 0 Å². The van der Waals surface area contributed by atoms with Gasteiger partial charge in [-0.25, -0.2) is 28.1 Å². The molecule has 5 rings (SSSR count). The average molecular weight is 596 g/mol. The highest BCUT2D eigenvalue weighted by Crippen LogP contribution is 2.28. The van der Waals surface area contributed by atoms with E-state index in [1.165, 1.54) is 53.4 Å². The normalized spacial score (nSPS) is 10.7. The molecule has 1 amide bonds. The molecule has 0 saturated heterocycles. The third kappa shape index (κ3) is 6.34.